The van der Waals surface area contributed by atoms with E-state index in [-0.39, 0.29) is 37.0 Å². The predicted molar refractivity (Wildman–Crippen MR) is 97.8 cm³/mol. The standard InChI is InChI=1S/C19H22F2N2O.ClH/c1-12(2)13-3-5-14(6-4-13)18(22)11-23-19(24)10-15-9-16(20)7-8-17(15)21;/h3-9,12,18H,10-11,22H2,1-2H3,(H,23,24);1H. The zero-order valence-corrected chi connectivity index (χ0v) is 15.1. The van der Waals surface area contributed by atoms with Gasteiger partial charge in [-0.2, -0.15) is 0 Å². The highest BCUT2D eigenvalue weighted by molar-refractivity contribution is 5.85. The molecule has 3 N–H and O–H groups in total. The molecule has 0 saturated heterocycles. The fraction of sp³-hybridized carbons (Fsp3) is 0.316. The number of halogens is 3. The summed E-state index contributed by atoms with van der Waals surface area (Å²) in [6.07, 6.45) is -0.220. The Morgan fingerprint density at radius 2 is 1.68 bits per heavy atom. The van der Waals surface area contributed by atoms with E-state index in [1.54, 1.807) is 0 Å². The van der Waals surface area contributed by atoms with E-state index < -0.39 is 17.5 Å². The summed E-state index contributed by atoms with van der Waals surface area (Å²) in [7, 11) is 0. The number of nitrogens with two attached hydrogens (primary N) is 1. The van der Waals surface area contributed by atoms with E-state index in [2.05, 4.69) is 19.2 Å². The van der Waals surface area contributed by atoms with Gasteiger partial charge in [-0.3, -0.25) is 4.79 Å². The summed E-state index contributed by atoms with van der Waals surface area (Å²) in [5, 5.41) is 2.66. The molecule has 0 aliphatic heterocycles. The average molecular weight is 369 g/mol. The number of hydrogen-bond acceptors (Lipinski definition) is 2. The Bertz CT molecular complexity index is 705. The molecule has 0 saturated carbocycles. The smallest absolute Gasteiger partial charge is 0.224 e. The molecule has 136 valence electrons. The van der Waals surface area contributed by atoms with Crippen molar-refractivity contribution in [1.82, 2.24) is 5.32 Å². The first-order chi connectivity index (χ1) is 11.4. The summed E-state index contributed by atoms with van der Waals surface area (Å²) in [6, 6.07) is 10.6. The zero-order chi connectivity index (χ0) is 17.7. The molecule has 0 bridgehead atoms. The van der Waals surface area contributed by atoms with E-state index in [0.29, 0.717) is 5.92 Å². The molecule has 3 nitrogen and oxygen atoms in total. The molecule has 0 aromatic heterocycles. The molecular formula is C19H23ClF2N2O. The largest absolute Gasteiger partial charge is 0.354 e. The lowest BCUT2D eigenvalue weighted by Crippen LogP contribution is -2.33. The second-order valence-electron chi connectivity index (χ2n) is 6.14. The Morgan fingerprint density at radius 1 is 1.08 bits per heavy atom. The molecule has 25 heavy (non-hydrogen) atoms. The Hall–Kier alpha value is -1.98. The van der Waals surface area contributed by atoms with Gasteiger partial charge >= 0.3 is 0 Å². The van der Waals surface area contributed by atoms with Gasteiger partial charge in [-0.25, -0.2) is 8.78 Å². The molecule has 0 radical (unpaired) electrons. The van der Waals surface area contributed by atoms with E-state index in [4.69, 9.17) is 5.73 Å². The Morgan fingerprint density at radius 3 is 2.28 bits per heavy atom. The first-order valence-corrected chi connectivity index (χ1v) is 7.93. The minimum absolute atomic E-state index is 0. The first kappa shape index (κ1) is 21.1. The van der Waals surface area contributed by atoms with Crippen LogP contribution >= 0.6 is 12.4 Å². The summed E-state index contributed by atoms with van der Waals surface area (Å²) in [4.78, 5) is 11.9. The van der Waals surface area contributed by atoms with Crippen molar-refractivity contribution in [2.75, 3.05) is 6.54 Å². The SMILES string of the molecule is CC(C)c1ccc(C(N)CNC(=O)Cc2cc(F)ccc2F)cc1.Cl. The van der Waals surface area contributed by atoms with Gasteiger partial charge in [0.2, 0.25) is 5.91 Å². The number of hydrogen-bond donors (Lipinski definition) is 2. The molecular weight excluding hydrogens is 346 g/mol. The van der Waals surface area contributed by atoms with E-state index in [0.717, 1.165) is 23.8 Å². The fourth-order valence-electron chi connectivity index (χ4n) is 2.38. The topological polar surface area (TPSA) is 55.1 Å². The summed E-state index contributed by atoms with van der Waals surface area (Å²) in [5.41, 5.74) is 8.23. The third kappa shape index (κ3) is 6.11. The maximum absolute atomic E-state index is 13.5. The van der Waals surface area contributed by atoms with Gasteiger partial charge in [0.25, 0.3) is 0 Å². The number of nitrogens with one attached hydrogen (secondary N) is 1. The Labute approximate surface area is 153 Å². The quantitative estimate of drug-likeness (QED) is 0.813. The molecule has 0 aliphatic rings. The maximum Gasteiger partial charge on any atom is 0.224 e. The van der Waals surface area contributed by atoms with Crippen LogP contribution in [0.5, 0.6) is 0 Å². The van der Waals surface area contributed by atoms with Crippen molar-refractivity contribution in [3.8, 4) is 0 Å². The third-order valence-corrected chi connectivity index (χ3v) is 3.91. The summed E-state index contributed by atoms with van der Waals surface area (Å²) < 4.78 is 26.6. The zero-order valence-electron chi connectivity index (χ0n) is 14.3. The van der Waals surface area contributed by atoms with Gasteiger partial charge in [0, 0.05) is 18.2 Å². The van der Waals surface area contributed by atoms with Gasteiger partial charge < -0.3 is 11.1 Å². The minimum atomic E-state index is -0.597. The first-order valence-electron chi connectivity index (χ1n) is 7.93. The number of carbonyl (C=O) groups is 1. The van der Waals surface area contributed by atoms with Gasteiger partial charge in [-0.15, -0.1) is 12.4 Å². The van der Waals surface area contributed by atoms with Crippen molar-refractivity contribution in [3.63, 3.8) is 0 Å². The summed E-state index contributed by atoms with van der Waals surface area (Å²) >= 11 is 0. The maximum atomic E-state index is 13.5. The van der Waals surface area contributed by atoms with Crippen LogP contribution in [0, 0.1) is 11.6 Å². The van der Waals surface area contributed by atoms with Gasteiger partial charge in [0.05, 0.1) is 6.42 Å². The van der Waals surface area contributed by atoms with E-state index in [9.17, 15) is 13.6 Å². The highest BCUT2D eigenvalue weighted by atomic mass is 35.5. The summed E-state index contributed by atoms with van der Waals surface area (Å²) in [6.45, 7) is 4.46. The number of benzene rings is 2. The minimum Gasteiger partial charge on any atom is -0.354 e. The molecule has 2 rings (SSSR count). The highest BCUT2D eigenvalue weighted by Crippen LogP contribution is 2.17. The third-order valence-electron chi connectivity index (χ3n) is 3.91. The van der Waals surface area contributed by atoms with Crippen LogP contribution in [0.1, 0.15) is 42.5 Å². The Balaban J connectivity index is 0.00000312. The van der Waals surface area contributed by atoms with Crippen molar-refractivity contribution in [2.45, 2.75) is 32.2 Å². The lowest BCUT2D eigenvalue weighted by Gasteiger charge is -2.15. The van der Waals surface area contributed by atoms with E-state index >= 15 is 0 Å². The van der Waals surface area contributed by atoms with Crippen molar-refractivity contribution >= 4 is 18.3 Å². The Kier molecular flexibility index (Phi) is 8.00. The number of carbonyl (C=O) groups excluding carboxylic acids is 1. The molecule has 1 amide bonds. The van der Waals surface area contributed by atoms with Crippen LogP contribution in [0.4, 0.5) is 8.78 Å². The van der Waals surface area contributed by atoms with Gasteiger partial charge in [0.1, 0.15) is 11.6 Å². The molecule has 1 unspecified atom stereocenters. The van der Waals surface area contributed by atoms with E-state index in [1.165, 1.54) is 5.56 Å². The van der Waals surface area contributed by atoms with E-state index in [1.807, 2.05) is 24.3 Å². The molecule has 0 aliphatic carbocycles. The monoisotopic (exact) mass is 368 g/mol. The second-order valence-corrected chi connectivity index (χ2v) is 6.14. The van der Waals surface area contributed by atoms with Crippen LogP contribution in [-0.2, 0) is 11.2 Å². The normalized spacial score (nSPS) is 11.8. The molecule has 1 atom stereocenters. The molecule has 6 heteroatoms. The van der Waals surface area contributed by atoms with Crippen LogP contribution in [0.3, 0.4) is 0 Å². The lowest BCUT2D eigenvalue weighted by molar-refractivity contribution is -0.120. The van der Waals surface area contributed by atoms with Gasteiger partial charge in [-0.1, -0.05) is 38.1 Å². The van der Waals surface area contributed by atoms with Crippen LogP contribution in [0.25, 0.3) is 0 Å². The van der Waals surface area contributed by atoms with Crippen molar-refractivity contribution in [2.24, 2.45) is 5.73 Å². The van der Waals surface area contributed by atoms with Crippen molar-refractivity contribution < 1.29 is 13.6 Å². The molecule has 0 spiro atoms. The van der Waals surface area contributed by atoms with Crippen molar-refractivity contribution in [3.05, 3.63) is 70.8 Å². The van der Waals surface area contributed by atoms with Crippen molar-refractivity contribution in [1.29, 1.82) is 0 Å². The molecule has 0 heterocycles. The molecule has 2 aromatic carbocycles. The number of rotatable bonds is 6. The highest BCUT2D eigenvalue weighted by Gasteiger charge is 2.12. The summed E-state index contributed by atoms with van der Waals surface area (Å²) in [5.74, 6) is -1.12. The lowest BCUT2D eigenvalue weighted by atomic mass is 9.99. The average Bonchev–Trinajstić information content (AvgIpc) is 2.56. The predicted octanol–water partition coefficient (Wildman–Crippen LogP) is 3.87. The van der Waals surface area contributed by atoms with Crippen LogP contribution in [-0.4, -0.2) is 12.5 Å². The van der Waals surface area contributed by atoms with Crippen LogP contribution < -0.4 is 11.1 Å². The van der Waals surface area contributed by atoms with Crippen LogP contribution in [0.15, 0.2) is 42.5 Å². The molecule has 0 fully saturated rings. The number of amides is 1. The van der Waals surface area contributed by atoms with Gasteiger partial charge in [-0.05, 0) is 35.2 Å². The van der Waals surface area contributed by atoms with Gasteiger partial charge in [0.15, 0.2) is 0 Å². The molecule has 2 aromatic rings. The second kappa shape index (κ2) is 9.49. The fourth-order valence-corrected chi connectivity index (χ4v) is 2.38. The van der Waals surface area contributed by atoms with Crippen LogP contribution in [0.2, 0.25) is 0 Å².